The number of likely N-dealkylation sites (N-methyl/N-ethyl adjacent to an activating group) is 1. The van der Waals surface area contributed by atoms with E-state index in [2.05, 4.69) is 21.2 Å². The molecule has 2 aromatic carbocycles. The Balaban J connectivity index is 2.21. The molecule has 0 aliphatic heterocycles. The molecule has 0 spiro atoms. The average molecular weight is 359 g/mol. The molecule has 1 N–H and O–H groups in total. The normalized spacial score (nSPS) is 12.4. The highest BCUT2D eigenvalue weighted by Crippen LogP contribution is 2.26. The van der Waals surface area contributed by atoms with E-state index in [4.69, 9.17) is 23.2 Å². The maximum atomic E-state index is 6.26. The third-order valence-electron chi connectivity index (χ3n) is 3.06. The zero-order valence-electron chi connectivity index (χ0n) is 10.5. The smallest absolute Gasteiger partial charge is 0.0449 e. The van der Waals surface area contributed by atoms with Gasteiger partial charge in [0.15, 0.2) is 0 Å². The highest BCUT2D eigenvalue weighted by atomic mass is 79.9. The van der Waals surface area contributed by atoms with Gasteiger partial charge in [-0.25, -0.2) is 0 Å². The number of rotatable bonds is 4. The lowest BCUT2D eigenvalue weighted by molar-refractivity contribution is 0.592. The number of halogens is 3. The first kappa shape index (κ1) is 14.9. The van der Waals surface area contributed by atoms with E-state index in [1.807, 2.05) is 49.5 Å². The summed E-state index contributed by atoms with van der Waals surface area (Å²) in [7, 11) is 1.95. The van der Waals surface area contributed by atoms with Crippen LogP contribution in [0, 0.1) is 0 Å². The molecule has 2 aromatic rings. The fourth-order valence-electron chi connectivity index (χ4n) is 1.99. The zero-order valence-corrected chi connectivity index (χ0v) is 13.6. The monoisotopic (exact) mass is 357 g/mol. The number of nitrogens with one attached hydrogen (secondary N) is 1. The summed E-state index contributed by atoms with van der Waals surface area (Å²) in [6.45, 7) is 0. The molecule has 1 atom stereocenters. The lowest BCUT2D eigenvalue weighted by atomic mass is 9.99. The Morgan fingerprint density at radius 1 is 1.11 bits per heavy atom. The van der Waals surface area contributed by atoms with Crippen LogP contribution in [0.4, 0.5) is 0 Å². The quantitative estimate of drug-likeness (QED) is 0.786. The Morgan fingerprint density at radius 3 is 2.37 bits per heavy atom. The maximum absolute atomic E-state index is 6.26. The Bertz CT molecular complexity index is 555. The van der Waals surface area contributed by atoms with Crippen LogP contribution in [0.5, 0.6) is 0 Å². The van der Waals surface area contributed by atoms with Gasteiger partial charge in [0, 0.05) is 20.6 Å². The summed E-state index contributed by atoms with van der Waals surface area (Å²) in [6, 6.07) is 14.1. The molecule has 100 valence electrons. The number of hydrogen-bond acceptors (Lipinski definition) is 1. The molecule has 19 heavy (non-hydrogen) atoms. The van der Waals surface area contributed by atoms with Crippen molar-refractivity contribution in [1.82, 2.24) is 5.32 Å². The van der Waals surface area contributed by atoms with Crippen molar-refractivity contribution in [1.29, 1.82) is 0 Å². The van der Waals surface area contributed by atoms with Crippen LogP contribution in [0.25, 0.3) is 0 Å². The topological polar surface area (TPSA) is 12.0 Å². The molecule has 0 aliphatic carbocycles. The van der Waals surface area contributed by atoms with Crippen molar-refractivity contribution in [2.45, 2.75) is 12.5 Å². The summed E-state index contributed by atoms with van der Waals surface area (Å²) in [5, 5.41) is 4.85. The molecule has 1 nitrogen and oxygen atoms in total. The van der Waals surface area contributed by atoms with Crippen molar-refractivity contribution in [3.05, 3.63) is 68.1 Å². The predicted octanol–water partition coefficient (Wildman–Crippen LogP) is 5.26. The minimum Gasteiger partial charge on any atom is -0.313 e. The van der Waals surface area contributed by atoms with E-state index in [0.717, 1.165) is 26.5 Å². The van der Waals surface area contributed by atoms with E-state index in [-0.39, 0.29) is 6.04 Å². The van der Waals surface area contributed by atoms with Crippen molar-refractivity contribution in [2.24, 2.45) is 0 Å². The van der Waals surface area contributed by atoms with Crippen molar-refractivity contribution >= 4 is 39.1 Å². The van der Waals surface area contributed by atoms with Crippen LogP contribution in [0.15, 0.2) is 46.9 Å². The van der Waals surface area contributed by atoms with Gasteiger partial charge < -0.3 is 5.32 Å². The summed E-state index contributed by atoms with van der Waals surface area (Å²) in [5.41, 5.74) is 2.32. The summed E-state index contributed by atoms with van der Waals surface area (Å²) in [5.74, 6) is 0. The largest absolute Gasteiger partial charge is 0.313 e. The Labute approximate surface area is 132 Å². The van der Waals surface area contributed by atoms with Gasteiger partial charge in [0.25, 0.3) is 0 Å². The molecule has 0 amide bonds. The number of hydrogen-bond donors (Lipinski definition) is 1. The highest BCUT2D eigenvalue weighted by molar-refractivity contribution is 9.10. The fourth-order valence-corrected chi connectivity index (χ4v) is 2.87. The van der Waals surface area contributed by atoms with E-state index in [9.17, 15) is 0 Å². The molecular formula is C15H14BrCl2N. The van der Waals surface area contributed by atoms with E-state index >= 15 is 0 Å². The Morgan fingerprint density at radius 2 is 1.79 bits per heavy atom. The molecule has 0 heterocycles. The van der Waals surface area contributed by atoms with Gasteiger partial charge in [0.1, 0.15) is 0 Å². The van der Waals surface area contributed by atoms with Crippen LogP contribution in [-0.2, 0) is 6.42 Å². The second kappa shape index (κ2) is 6.76. The third kappa shape index (κ3) is 3.96. The minimum absolute atomic E-state index is 0.218. The first-order valence-corrected chi connectivity index (χ1v) is 7.51. The van der Waals surface area contributed by atoms with Crippen molar-refractivity contribution in [2.75, 3.05) is 7.05 Å². The summed E-state index contributed by atoms with van der Waals surface area (Å²) < 4.78 is 0.994. The fraction of sp³-hybridized carbons (Fsp3) is 0.200. The van der Waals surface area contributed by atoms with Gasteiger partial charge in [-0.3, -0.25) is 0 Å². The molecule has 2 rings (SSSR count). The SMILES string of the molecule is CNC(Cc1ccc(Br)cc1Cl)c1ccc(Cl)cc1. The molecule has 0 saturated carbocycles. The summed E-state index contributed by atoms with van der Waals surface area (Å²) >= 11 is 15.6. The van der Waals surface area contributed by atoms with Crippen molar-refractivity contribution < 1.29 is 0 Å². The molecular weight excluding hydrogens is 345 g/mol. The molecule has 0 bridgehead atoms. The van der Waals surface area contributed by atoms with Crippen molar-refractivity contribution in [3.63, 3.8) is 0 Å². The molecule has 0 saturated heterocycles. The average Bonchev–Trinajstić information content (AvgIpc) is 2.39. The summed E-state index contributed by atoms with van der Waals surface area (Å²) in [4.78, 5) is 0. The molecule has 4 heteroatoms. The van der Waals surface area contributed by atoms with Gasteiger partial charge in [0.05, 0.1) is 0 Å². The second-order valence-electron chi connectivity index (χ2n) is 4.33. The summed E-state index contributed by atoms with van der Waals surface area (Å²) in [6.07, 6.45) is 0.838. The Hall–Kier alpha value is -0.540. The van der Waals surface area contributed by atoms with Crippen LogP contribution in [0.3, 0.4) is 0 Å². The van der Waals surface area contributed by atoms with Crippen LogP contribution in [0.2, 0.25) is 10.0 Å². The first-order chi connectivity index (χ1) is 9.10. The molecule has 0 fully saturated rings. The highest BCUT2D eigenvalue weighted by Gasteiger charge is 2.12. The van der Waals surface area contributed by atoms with E-state index in [1.54, 1.807) is 0 Å². The van der Waals surface area contributed by atoms with Crippen LogP contribution in [-0.4, -0.2) is 7.05 Å². The lowest BCUT2D eigenvalue weighted by Crippen LogP contribution is -2.18. The maximum Gasteiger partial charge on any atom is 0.0449 e. The molecule has 0 aromatic heterocycles. The van der Waals surface area contributed by atoms with E-state index in [1.165, 1.54) is 5.56 Å². The number of benzene rings is 2. The second-order valence-corrected chi connectivity index (χ2v) is 6.09. The molecule has 1 unspecified atom stereocenters. The van der Waals surface area contributed by atoms with Crippen LogP contribution < -0.4 is 5.32 Å². The van der Waals surface area contributed by atoms with Gasteiger partial charge in [0.2, 0.25) is 0 Å². The predicted molar refractivity (Wildman–Crippen MR) is 86.1 cm³/mol. The van der Waals surface area contributed by atoms with Gasteiger partial charge in [-0.15, -0.1) is 0 Å². The van der Waals surface area contributed by atoms with Gasteiger partial charge in [-0.05, 0) is 48.9 Å². The minimum atomic E-state index is 0.218. The van der Waals surface area contributed by atoms with E-state index < -0.39 is 0 Å². The molecule has 0 radical (unpaired) electrons. The Kier molecular flexibility index (Phi) is 5.28. The van der Waals surface area contributed by atoms with E-state index in [0.29, 0.717) is 0 Å². The van der Waals surface area contributed by atoms with Gasteiger partial charge >= 0.3 is 0 Å². The first-order valence-electron chi connectivity index (χ1n) is 5.97. The molecule has 0 aliphatic rings. The van der Waals surface area contributed by atoms with Gasteiger partial charge in [-0.2, -0.15) is 0 Å². The lowest BCUT2D eigenvalue weighted by Gasteiger charge is -2.17. The van der Waals surface area contributed by atoms with Crippen molar-refractivity contribution in [3.8, 4) is 0 Å². The van der Waals surface area contributed by atoms with Crippen LogP contribution in [0.1, 0.15) is 17.2 Å². The third-order valence-corrected chi connectivity index (χ3v) is 4.16. The standard InChI is InChI=1S/C15H14BrCl2N/c1-19-15(10-3-6-13(17)7-4-10)8-11-2-5-12(16)9-14(11)18/h2-7,9,15,19H,8H2,1H3. The zero-order chi connectivity index (χ0) is 13.8. The van der Waals surface area contributed by atoms with Crippen LogP contribution >= 0.6 is 39.1 Å². The van der Waals surface area contributed by atoms with Gasteiger partial charge in [-0.1, -0.05) is 57.3 Å².